The average Bonchev–Trinajstić information content (AvgIpc) is 2.67. The number of nitrogens with zero attached hydrogens (tertiary/aromatic N) is 2. The monoisotopic (exact) mass is 361 g/mol. The number of fused-ring (bicyclic) bond motifs is 1. The first kappa shape index (κ1) is 18.9. The molecule has 3 aromatic rings. The molecule has 0 aliphatic heterocycles. The number of pyridine rings is 1. The van der Waals surface area contributed by atoms with E-state index >= 15 is 0 Å². The van der Waals surface area contributed by atoms with Gasteiger partial charge in [-0.25, -0.2) is 0 Å². The highest BCUT2D eigenvalue weighted by Gasteiger charge is 2.45. The van der Waals surface area contributed by atoms with E-state index in [-0.39, 0.29) is 11.8 Å². The second-order valence-electron chi connectivity index (χ2n) is 7.28. The van der Waals surface area contributed by atoms with E-state index in [0.717, 1.165) is 22.2 Å². The number of anilines is 1. The van der Waals surface area contributed by atoms with Gasteiger partial charge in [-0.15, -0.1) is 0 Å². The molecule has 27 heavy (non-hydrogen) atoms. The minimum atomic E-state index is -0.974. The fourth-order valence-electron chi connectivity index (χ4n) is 4.04. The molecule has 1 heterocycles. The molecular formula is C23H27N3O. The Kier molecular flexibility index (Phi) is 5.45. The summed E-state index contributed by atoms with van der Waals surface area (Å²) in [5.41, 5.74) is 7.85. The van der Waals surface area contributed by atoms with Gasteiger partial charge < -0.3 is 10.6 Å². The molecule has 2 aromatic carbocycles. The second kappa shape index (κ2) is 7.78. The molecule has 1 amide bonds. The molecule has 3 rings (SSSR count). The van der Waals surface area contributed by atoms with E-state index in [2.05, 4.69) is 30.7 Å². The second-order valence-corrected chi connectivity index (χ2v) is 7.28. The summed E-state index contributed by atoms with van der Waals surface area (Å²) >= 11 is 0. The van der Waals surface area contributed by atoms with Crippen LogP contribution in [0.25, 0.3) is 10.9 Å². The fourth-order valence-corrected chi connectivity index (χ4v) is 4.04. The number of aromatic nitrogens is 1. The van der Waals surface area contributed by atoms with Gasteiger partial charge in [0, 0.05) is 29.4 Å². The highest BCUT2D eigenvalue weighted by molar-refractivity contribution is 5.96. The van der Waals surface area contributed by atoms with Crippen molar-refractivity contribution < 1.29 is 4.79 Å². The molecule has 140 valence electrons. The number of carbonyl (C=O) groups is 1. The molecule has 0 bridgehead atoms. The van der Waals surface area contributed by atoms with E-state index in [0.29, 0.717) is 13.0 Å². The van der Waals surface area contributed by atoms with Crippen LogP contribution in [-0.2, 0) is 10.3 Å². The van der Waals surface area contributed by atoms with Gasteiger partial charge in [0.05, 0.1) is 5.52 Å². The lowest BCUT2D eigenvalue weighted by atomic mass is 9.78. The molecule has 0 saturated carbocycles. The van der Waals surface area contributed by atoms with Crippen LogP contribution < -0.4 is 10.6 Å². The molecule has 0 unspecified atom stereocenters. The summed E-state index contributed by atoms with van der Waals surface area (Å²) in [6.45, 7) is 6.95. The van der Waals surface area contributed by atoms with E-state index in [1.165, 1.54) is 0 Å². The van der Waals surface area contributed by atoms with Crippen molar-refractivity contribution in [3.63, 3.8) is 0 Å². The standard InChI is InChI=1S/C23H27N3O/c1-4-26(19-12-6-5-7-13-19)23(22(24)27,16-17(2)3)20-14-8-10-18-11-9-15-25-21(18)20/h5-15,17H,4,16H2,1-3H3,(H2,24,27)/t23-/m1/s1. The largest absolute Gasteiger partial charge is 0.367 e. The predicted octanol–water partition coefficient (Wildman–Crippen LogP) is 4.49. The van der Waals surface area contributed by atoms with E-state index in [1.807, 2.05) is 60.7 Å². The third-order valence-corrected chi connectivity index (χ3v) is 5.03. The molecule has 0 aliphatic carbocycles. The number of rotatable bonds is 7. The Balaban J connectivity index is 2.34. The summed E-state index contributed by atoms with van der Waals surface area (Å²) in [6, 6.07) is 19.9. The fraction of sp³-hybridized carbons (Fsp3) is 0.304. The zero-order chi connectivity index (χ0) is 19.4. The molecule has 2 N–H and O–H groups in total. The topological polar surface area (TPSA) is 59.2 Å². The third kappa shape index (κ3) is 3.39. The molecule has 0 radical (unpaired) electrons. The molecule has 0 aliphatic rings. The van der Waals surface area contributed by atoms with Crippen molar-refractivity contribution in [2.75, 3.05) is 11.4 Å². The maximum atomic E-state index is 13.1. The third-order valence-electron chi connectivity index (χ3n) is 5.03. The van der Waals surface area contributed by atoms with Crippen molar-refractivity contribution in [3.05, 3.63) is 72.4 Å². The SMILES string of the molecule is CCN(c1ccccc1)[C@@](CC(C)C)(C(N)=O)c1cccc2cccnc12. The smallest absolute Gasteiger partial charge is 0.248 e. The maximum absolute atomic E-state index is 13.1. The summed E-state index contributed by atoms with van der Waals surface area (Å²) in [5, 5.41) is 1.01. The summed E-state index contributed by atoms with van der Waals surface area (Å²) in [5.74, 6) is -0.0747. The van der Waals surface area contributed by atoms with Crippen molar-refractivity contribution in [1.82, 2.24) is 4.98 Å². The number of primary amides is 1. The van der Waals surface area contributed by atoms with Crippen LogP contribution in [0.3, 0.4) is 0 Å². The molecule has 0 spiro atoms. The molecule has 1 aromatic heterocycles. The lowest BCUT2D eigenvalue weighted by molar-refractivity contribution is -0.124. The zero-order valence-corrected chi connectivity index (χ0v) is 16.2. The normalized spacial score (nSPS) is 13.5. The average molecular weight is 361 g/mol. The van der Waals surface area contributed by atoms with Crippen LogP contribution in [0.1, 0.15) is 32.8 Å². The first-order chi connectivity index (χ1) is 13.0. The van der Waals surface area contributed by atoms with Crippen LogP contribution in [0.5, 0.6) is 0 Å². The number of carbonyl (C=O) groups excluding carboxylic acids is 1. The van der Waals surface area contributed by atoms with E-state index < -0.39 is 5.54 Å². The van der Waals surface area contributed by atoms with Crippen LogP contribution in [0.4, 0.5) is 5.69 Å². The van der Waals surface area contributed by atoms with Gasteiger partial charge in [0.2, 0.25) is 5.91 Å². The van der Waals surface area contributed by atoms with Crippen LogP contribution in [0.15, 0.2) is 66.9 Å². The Bertz CT molecular complexity index is 918. The Labute approximate surface area is 161 Å². The minimum absolute atomic E-state index is 0.272. The van der Waals surface area contributed by atoms with Crippen LogP contribution >= 0.6 is 0 Å². The van der Waals surface area contributed by atoms with Gasteiger partial charge in [-0.3, -0.25) is 9.78 Å². The molecule has 4 heteroatoms. The van der Waals surface area contributed by atoms with Crippen molar-refractivity contribution in [2.45, 2.75) is 32.7 Å². The van der Waals surface area contributed by atoms with Crippen LogP contribution in [-0.4, -0.2) is 17.4 Å². The first-order valence-corrected chi connectivity index (χ1v) is 9.47. The summed E-state index contributed by atoms with van der Waals surface area (Å²) in [7, 11) is 0. The first-order valence-electron chi connectivity index (χ1n) is 9.47. The summed E-state index contributed by atoms with van der Waals surface area (Å²) in [6.07, 6.45) is 2.38. The Morgan fingerprint density at radius 1 is 1.07 bits per heavy atom. The van der Waals surface area contributed by atoms with Crippen molar-refractivity contribution in [3.8, 4) is 0 Å². The Morgan fingerprint density at radius 3 is 2.41 bits per heavy atom. The number of hydrogen-bond donors (Lipinski definition) is 1. The van der Waals surface area contributed by atoms with Crippen molar-refractivity contribution in [2.24, 2.45) is 11.7 Å². The highest BCUT2D eigenvalue weighted by Crippen LogP contribution is 2.40. The van der Waals surface area contributed by atoms with Gasteiger partial charge in [0.25, 0.3) is 0 Å². The zero-order valence-electron chi connectivity index (χ0n) is 16.2. The van der Waals surface area contributed by atoms with E-state index in [9.17, 15) is 4.79 Å². The van der Waals surface area contributed by atoms with Crippen molar-refractivity contribution in [1.29, 1.82) is 0 Å². The van der Waals surface area contributed by atoms with Gasteiger partial charge in [0.15, 0.2) is 0 Å². The quantitative estimate of drug-likeness (QED) is 0.674. The molecule has 1 atom stereocenters. The number of nitrogens with two attached hydrogens (primary N) is 1. The molecule has 4 nitrogen and oxygen atoms in total. The van der Waals surface area contributed by atoms with Gasteiger partial charge >= 0.3 is 0 Å². The van der Waals surface area contributed by atoms with Gasteiger partial charge in [-0.2, -0.15) is 0 Å². The Hall–Kier alpha value is -2.88. The van der Waals surface area contributed by atoms with Crippen LogP contribution in [0.2, 0.25) is 0 Å². The lowest BCUT2D eigenvalue weighted by Gasteiger charge is -2.44. The summed E-state index contributed by atoms with van der Waals surface area (Å²) in [4.78, 5) is 19.9. The molecule has 0 fully saturated rings. The lowest BCUT2D eigenvalue weighted by Crippen LogP contribution is -2.56. The highest BCUT2D eigenvalue weighted by atomic mass is 16.1. The van der Waals surface area contributed by atoms with E-state index in [4.69, 9.17) is 5.73 Å². The number of likely N-dealkylation sites (N-methyl/N-ethyl adjacent to an activating group) is 1. The van der Waals surface area contributed by atoms with Gasteiger partial charge in [0.1, 0.15) is 5.54 Å². The van der Waals surface area contributed by atoms with Gasteiger partial charge in [-0.1, -0.05) is 56.3 Å². The summed E-state index contributed by atoms with van der Waals surface area (Å²) < 4.78 is 0. The molecule has 0 saturated heterocycles. The van der Waals surface area contributed by atoms with Crippen LogP contribution in [0, 0.1) is 5.92 Å². The Morgan fingerprint density at radius 2 is 1.78 bits per heavy atom. The number of amides is 1. The number of para-hydroxylation sites is 2. The minimum Gasteiger partial charge on any atom is -0.367 e. The maximum Gasteiger partial charge on any atom is 0.248 e. The van der Waals surface area contributed by atoms with Gasteiger partial charge in [-0.05, 0) is 37.5 Å². The predicted molar refractivity (Wildman–Crippen MR) is 112 cm³/mol. The number of benzene rings is 2. The van der Waals surface area contributed by atoms with Crippen molar-refractivity contribution >= 4 is 22.5 Å². The molecular weight excluding hydrogens is 334 g/mol. The van der Waals surface area contributed by atoms with E-state index in [1.54, 1.807) is 6.20 Å². The number of hydrogen-bond acceptors (Lipinski definition) is 3.